The van der Waals surface area contributed by atoms with E-state index in [9.17, 15) is 9.18 Å². The van der Waals surface area contributed by atoms with Gasteiger partial charge in [0.1, 0.15) is 11.5 Å². The number of amides is 1. The number of nitrogens with zero attached hydrogens (tertiary/aromatic N) is 2. The molecule has 0 aliphatic carbocycles. The van der Waals surface area contributed by atoms with Crippen LogP contribution in [0.3, 0.4) is 0 Å². The summed E-state index contributed by atoms with van der Waals surface area (Å²) in [6.45, 7) is 0. The number of thiazole rings is 1. The number of aromatic nitrogens is 2. The van der Waals surface area contributed by atoms with Crippen LogP contribution in [0.2, 0.25) is 0 Å². The quantitative estimate of drug-likeness (QED) is 0.781. The maximum atomic E-state index is 13.6. The second-order valence-electron chi connectivity index (χ2n) is 4.06. The topological polar surface area (TPSA) is 49.0 Å². The van der Waals surface area contributed by atoms with Crippen molar-refractivity contribution < 1.29 is 9.18 Å². The molecule has 1 N–H and O–H groups in total. The van der Waals surface area contributed by atoms with E-state index in [-0.39, 0.29) is 11.7 Å². The number of nitrogens with one attached hydrogen (secondary N) is 1. The molecule has 3 rings (SSSR count). The molecule has 0 fully saturated rings. The van der Waals surface area contributed by atoms with Gasteiger partial charge in [0.15, 0.2) is 5.13 Å². The summed E-state index contributed by atoms with van der Waals surface area (Å²) in [5, 5.41) is 2.81. The van der Waals surface area contributed by atoms with Gasteiger partial charge >= 0.3 is 0 Å². The summed E-state index contributed by atoms with van der Waals surface area (Å²) in [6.07, 6.45) is 1.63. The van der Waals surface area contributed by atoms with Crippen LogP contribution in [0.15, 0.2) is 35.8 Å². The number of hydrogen-bond acceptors (Lipinski definition) is 3. The maximum absolute atomic E-state index is 13.6. The molecule has 1 amide bonds. The minimum Gasteiger partial charge on any atom is -0.350 e. The second kappa shape index (κ2) is 4.47. The first-order valence-corrected chi connectivity index (χ1v) is 6.49. The zero-order valence-corrected chi connectivity index (χ0v) is 10.9. The Balaban J connectivity index is 2.00. The predicted molar refractivity (Wildman–Crippen MR) is 73.1 cm³/mol. The number of halogens is 1. The minimum absolute atomic E-state index is 0.245. The molecule has 0 aliphatic heterocycles. The Morgan fingerprint density at radius 2 is 2.32 bits per heavy atom. The van der Waals surface area contributed by atoms with Gasteiger partial charge in [0.2, 0.25) is 0 Å². The van der Waals surface area contributed by atoms with E-state index in [1.54, 1.807) is 30.8 Å². The molecule has 4 nitrogen and oxygen atoms in total. The van der Waals surface area contributed by atoms with Gasteiger partial charge in [-0.2, -0.15) is 0 Å². The third-order valence-electron chi connectivity index (χ3n) is 2.85. The summed E-state index contributed by atoms with van der Waals surface area (Å²) < 4.78 is 13.6. The first kappa shape index (κ1) is 11.9. The Bertz CT molecular complexity index is 736. The van der Waals surface area contributed by atoms with Gasteiger partial charge < -0.3 is 4.98 Å². The highest BCUT2D eigenvalue weighted by molar-refractivity contribution is 7.13. The summed E-state index contributed by atoms with van der Waals surface area (Å²) in [7, 11) is 1.64. The van der Waals surface area contributed by atoms with E-state index in [4.69, 9.17) is 0 Å². The maximum Gasteiger partial charge on any atom is 0.276 e. The van der Waals surface area contributed by atoms with Crippen molar-refractivity contribution in [3.8, 4) is 0 Å². The summed E-state index contributed by atoms with van der Waals surface area (Å²) in [4.78, 5) is 20.7. The number of H-pyrrole nitrogens is 1. The summed E-state index contributed by atoms with van der Waals surface area (Å²) >= 11 is 1.37. The van der Waals surface area contributed by atoms with Crippen molar-refractivity contribution in [3.05, 3.63) is 47.4 Å². The van der Waals surface area contributed by atoms with Crippen LogP contribution < -0.4 is 4.90 Å². The number of fused-ring (bicyclic) bond motifs is 1. The lowest BCUT2D eigenvalue weighted by Gasteiger charge is -2.11. The number of carbonyl (C=O) groups excluding carboxylic acids is 1. The largest absolute Gasteiger partial charge is 0.350 e. The van der Waals surface area contributed by atoms with Crippen molar-refractivity contribution >= 4 is 33.3 Å². The summed E-state index contributed by atoms with van der Waals surface area (Å²) in [5.41, 5.74) is 0.952. The number of rotatable bonds is 2. The van der Waals surface area contributed by atoms with E-state index in [0.29, 0.717) is 21.7 Å². The molecule has 96 valence electrons. The van der Waals surface area contributed by atoms with E-state index in [1.165, 1.54) is 28.4 Å². The highest BCUT2D eigenvalue weighted by Gasteiger charge is 2.18. The number of benzene rings is 1. The van der Waals surface area contributed by atoms with Crippen LogP contribution in [0.25, 0.3) is 10.9 Å². The van der Waals surface area contributed by atoms with Crippen molar-refractivity contribution in [2.45, 2.75) is 0 Å². The smallest absolute Gasteiger partial charge is 0.276 e. The van der Waals surface area contributed by atoms with Crippen molar-refractivity contribution in [2.75, 3.05) is 11.9 Å². The van der Waals surface area contributed by atoms with Gasteiger partial charge in [-0.1, -0.05) is 6.07 Å². The molecule has 6 heteroatoms. The van der Waals surface area contributed by atoms with Crippen molar-refractivity contribution in [3.63, 3.8) is 0 Å². The standard InChI is InChI=1S/C13H10FN3OS/c1-17(13-15-5-6-19-13)12(18)11-7-8-9(14)3-2-4-10(8)16-11/h2-7,16H,1H3. The molecule has 2 heterocycles. The first-order chi connectivity index (χ1) is 9.16. The SMILES string of the molecule is CN(C(=O)c1cc2c(F)cccc2[nH]1)c1nccs1. The van der Waals surface area contributed by atoms with E-state index in [2.05, 4.69) is 9.97 Å². The molecule has 1 aromatic carbocycles. The van der Waals surface area contributed by atoms with Crippen molar-refractivity contribution in [1.82, 2.24) is 9.97 Å². The zero-order chi connectivity index (χ0) is 13.4. The Labute approximate surface area is 112 Å². The van der Waals surface area contributed by atoms with Gasteiger partial charge in [-0.05, 0) is 18.2 Å². The molecule has 19 heavy (non-hydrogen) atoms. The summed E-state index contributed by atoms with van der Waals surface area (Å²) in [5.74, 6) is -0.588. The Hall–Kier alpha value is -2.21. The molecule has 0 bridgehead atoms. The number of anilines is 1. The van der Waals surface area contributed by atoms with E-state index in [0.717, 1.165) is 0 Å². The monoisotopic (exact) mass is 275 g/mol. The van der Waals surface area contributed by atoms with Gasteiger partial charge in [-0.25, -0.2) is 9.37 Å². The van der Waals surface area contributed by atoms with Crippen LogP contribution in [0.1, 0.15) is 10.5 Å². The lowest BCUT2D eigenvalue weighted by Crippen LogP contribution is -2.26. The molecule has 0 saturated carbocycles. The lowest BCUT2D eigenvalue weighted by molar-refractivity contribution is 0.0989. The molecule has 0 saturated heterocycles. The molecule has 3 aromatic rings. The van der Waals surface area contributed by atoms with Gasteiger partial charge in [0.25, 0.3) is 5.91 Å². The molecule has 0 unspecified atom stereocenters. The predicted octanol–water partition coefficient (Wildman–Crippen LogP) is 3.04. The second-order valence-corrected chi connectivity index (χ2v) is 4.94. The third kappa shape index (κ3) is 2.00. The minimum atomic E-state index is -0.343. The zero-order valence-electron chi connectivity index (χ0n) is 10.1. The van der Waals surface area contributed by atoms with Gasteiger partial charge in [0, 0.05) is 29.5 Å². The molecule has 2 aromatic heterocycles. The van der Waals surface area contributed by atoms with Crippen molar-refractivity contribution in [1.29, 1.82) is 0 Å². The third-order valence-corrected chi connectivity index (χ3v) is 3.70. The van der Waals surface area contributed by atoms with Gasteiger partial charge in [-0.15, -0.1) is 11.3 Å². The van der Waals surface area contributed by atoms with Crippen molar-refractivity contribution in [2.24, 2.45) is 0 Å². The Kier molecular flexibility index (Phi) is 2.79. The Morgan fingerprint density at radius 3 is 3.00 bits per heavy atom. The molecule has 0 atom stereocenters. The van der Waals surface area contributed by atoms with Crippen LogP contribution in [-0.2, 0) is 0 Å². The number of carbonyl (C=O) groups is 1. The van der Waals surface area contributed by atoms with E-state index >= 15 is 0 Å². The molecular weight excluding hydrogens is 265 g/mol. The molecule has 0 spiro atoms. The van der Waals surface area contributed by atoms with Crippen LogP contribution in [0.4, 0.5) is 9.52 Å². The average molecular weight is 275 g/mol. The fraction of sp³-hybridized carbons (Fsp3) is 0.0769. The van der Waals surface area contributed by atoms with Gasteiger partial charge in [-0.3, -0.25) is 9.69 Å². The highest BCUT2D eigenvalue weighted by Crippen LogP contribution is 2.22. The lowest BCUT2D eigenvalue weighted by atomic mass is 10.2. The summed E-state index contributed by atoms with van der Waals surface area (Å²) in [6, 6.07) is 6.23. The van der Waals surface area contributed by atoms with Gasteiger partial charge in [0.05, 0.1) is 0 Å². The molecular formula is C13H10FN3OS. The van der Waals surface area contributed by atoms with Crippen LogP contribution in [0.5, 0.6) is 0 Å². The first-order valence-electron chi connectivity index (χ1n) is 5.61. The number of aromatic amines is 1. The normalized spacial score (nSPS) is 10.8. The van der Waals surface area contributed by atoms with Crippen LogP contribution >= 0.6 is 11.3 Å². The van der Waals surface area contributed by atoms with E-state index in [1.807, 2.05) is 0 Å². The molecule has 0 radical (unpaired) electrons. The highest BCUT2D eigenvalue weighted by atomic mass is 32.1. The Morgan fingerprint density at radius 1 is 1.47 bits per heavy atom. The van der Waals surface area contributed by atoms with E-state index < -0.39 is 0 Å². The van der Waals surface area contributed by atoms with Crippen LogP contribution in [-0.4, -0.2) is 22.9 Å². The average Bonchev–Trinajstić information content (AvgIpc) is 3.06. The number of hydrogen-bond donors (Lipinski definition) is 1. The molecule has 0 aliphatic rings. The fourth-order valence-electron chi connectivity index (χ4n) is 1.88. The van der Waals surface area contributed by atoms with Crippen LogP contribution in [0, 0.1) is 5.82 Å². The fourth-order valence-corrected chi connectivity index (χ4v) is 2.49.